The molecule has 230 valence electrons. The molecule has 10 nitrogen and oxygen atoms in total. The van der Waals surface area contributed by atoms with Crippen LogP contribution in [0.3, 0.4) is 0 Å². The molecule has 1 N–H and O–H groups in total. The molecule has 2 aliphatic heterocycles. The molecule has 1 atom stereocenters. The van der Waals surface area contributed by atoms with Crippen LogP contribution in [0.4, 0.5) is 4.79 Å². The Balaban J connectivity index is 1.28. The average Bonchev–Trinajstić information content (AvgIpc) is 3.38. The number of urea groups is 1. The zero-order valence-corrected chi connectivity index (χ0v) is 25.5. The van der Waals surface area contributed by atoms with Crippen molar-refractivity contribution in [3.63, 3.8) is 0 Å². The van der Waals surface area contributed by atoms with Crippen molar-refractivity contribution < 1.29 is 19.2 Å². The fourth-order valence-electron chi connectivity index (χ4n) is 6.30. The van der Waals surface area contributed by atoms with E-state index in [2.05, 4.69) is 28.7 Å². The van der Waals surface area contributed by atoms with Gasteiger partial charge in [0.05, 0.1) is 18.6 Å². The van der Waals surface area contributed by atoms with E-state index in [4.69, 9.17) is 0 Å². The van der Waals surface area contributed by atoms with Crippen LogP contribution in [-0.4, -0.2) is 80.4 Å². The normalized spacial score (nSPS) is 17.0. The molecule has 3 heterocycles. The van der Waals surface area contributed by atoms with Crippen LogP contribution < -0.4 is 5.32 Å². The largest absolute Gasteiger partial charge is 0.350 e. The van der Waals surface area contributed by atoms with Crippen molar-refractivity contribution in [3.8, 4) is 11.1 Å². The lowest BCUT2D eigenvalue weighted by Gasteiger charge is -2.52. The smallest absolute Gasteiger partial charge is 0.334 e. The van der Waals surface area contributed by atoms with Gasteiger partial charge in [0.15, 0.2) is 5.78 Å². The van der Waals surface area contributed by atoms with E-state index in [9.17, 15) is 19.2 Å². The summed E-state index contributed by atoms with van der Waals surface area (Å²) in [7, 11) is 1.98. The second-order valence-corrected chi connectivity index (χ2v) is 11.5. The van der Waals surface area contributed by atoms with Crippen molar-refractivity contribution in [1.82, 2.24) is 29.7 Å². The molecule has 4 aromatic rings. The van der Waals surface area contributed by atoms with Gasteiger partial charge in [-0.2, -0.15) is 0 Å². The minimum absolute atomic E-state index is 0.0195. The maximum absolute atomic E-state index is 13.7. The van der Waals surface area contributed by atoms with Crippen molar-refractivity contribution in [2.75, 3.05) is 26.2 Å². The highest BCUT2D eigenvalue weighted by Gasteiger charge is 2.46. The number of fused-ring (bicyclic) bond motifs is 2. The lowest BCUT2D eigenvalue weighted by atomic mass is 10.0. The minimum atomic E-state index is -0.664. The number of hydrogen-bond donors (Lipinski definition) is 1. The maximum Gasteiger partial charge on any atom is 0.334 e. The predicted molar refractivity (Wildman–Crippen MR) is 172 cm³/mol. The van der Waals surface area contributed by atoms with Crippen molar-refractivity contribution in [1.29, 1.82) is 0 Å². The van der Waals surface area contributed by atoms with Crippen LogP contribution in [0, 0.1) is 0 Å². The number of piperazine rings is 1. The number of amides is 4. The zero-order chi connectivity index (χ0) is 31.7. The fraction of sp³-hybridized carbons (Fsp3) is 0.257. The molecule has 10 heteroatoms. The minimum Gasteiger partial charge on any atom is -0.350 e. The van der Waals surface area contributed by atoms with Crippen molar-refractivity contribution in [3.05, 3.63) is 108 Å². The number of aromatic nitrogens is 1. The van der Waals surface area contributed by atoms with Gasteiger partial charge in [0, 0.05) is 49.4 Å². The van der Waals surface area contributed by atoms with Gasteiger partial charge >= 0.3 is 6.03 Å². The summed E-state index contributed by atoms with van der Waals surface area (Å²) in [5.74, 6) is -0.356. The molecule has 0 saturated carbocycles. The van der Waals surface area contributed by atoms with Crippen LogP contribution in [0.2, 0.25) is 0 Å². The molecule has 4 amide bonds. The molecule has 2 saturated heterocycles. The summed E-state index contributed by atoms with van der Waals surface area (Å²) in [5.41, 5.74) is 5.58. The number of benzene rings is 3. The number of rotatable bonds is 8. The Morgan fingerprint density at radius 2 is 1.71 bits per heavy atom. The molecule has 0 spiro atoms. The first-order chi connectivity index (χ1) is 21.7. The third-order valence-corrected chi connectivity index (χ3v) is 8.51. The van der Waals surface area contributed by atoms with Gasteiger partial charge in [-0.25, -0.2) is 14.8 Å². The number of nitrogens with one attached hydrogen (secondary N) is 1. The number of hydrazine groups is 1. The highest BCUT2D eigenvalue weighted by Crippen LogP contribution is 2.33. The molecule has 2 fully saturated rings. The third-order valence-electron chi connectivity index (χ3n) is 8.51. The molecule has 2 aliphatic rings. The number of nitrogens with zero attached hydrogens (tertiary/aromatic N) is 5. The summed E-state index contributed by atoms with van der Waals surface area (Å²) in [6, 6.07) is 22.9. The van der Waals surface area contributed by atoms with E-state index in [-0.39, 0.29) is 43.3 Å². The Morgan fingerprint density at radius 3 is 2.42 bits per heavy atom. The zero-order valence-electron chi connectivity index (χ0n) is 25.5. The monoisotopic (exact) mass is 604 g/mol. The number of Topliss-reactive ketones (excluding diaryl/α,β-unsaturated/α-hetero) is 1. The van der Waals surface area contributed by atoms with Crippen LogP contribution in [0.25, 0.3) is 22.0 Å². The second-order valence-electron chi connectivity index (χ2n) is 11.5. The molecule has 3 aromatic carbocycles. The van der Waals surface area contributed by atoms with E-state index in [1.807, 2.05) is 73.8 Å². The van der Waals surface area contributed by atoms with Crippen LogP contribution in [0.1, 0.15) is 28.4 Å². The number of aryl methyl sites for hydroxylation is 1. The molecule has 0 radical (unpaired) electrons. The number of ketones is 1. The van der Waals surface area contributed by atoms with Crippen LogP contribution >= 0.6 is 0 Å². The van der Waals surface area contributed by atoms with Gasteiger partial charge < -0.3 is 19.7 Å². The Bertz CT molecular complexity index is 1780. The average molecular weight is 605 g/mol. The lowest BCUT2D eigenvalue weighted by Crippen LogP contribution is -2.73. The molecule has 1 aromatic heterocycles. The molecule has 0 bridgehead atoms. The molecule has 1 unspecified atom stereocenters. The first-order valence-electron chi connectivity index (χ1n) is 15.0. The first-order valence-corrected chi connectivity index (χ1v) is 15.0. The lowest BCUT2D eigenvalue weighted by molar-refractivity contribution is -0.180. The standard InChI is InChI=1S/C35H36N6O4/c1-4-17-39-22-33(44)40-23-32(43)38(21-31(40)41(39)35(45)36-18-25-9-6-5-7-10-25)19-28-11-8-12-29-30(20-37(3)34(28)29)27-15-13-26(14-16-27)24(2)42/h4-16,20,31H,1,17-19,21-23H2,2-3H3,(H,36,45). The van der Waals surface area contributed by atoms with Gasteiger partial charge in [-0.3, -0.25) is 14.4 Å². The maximum atomic E-state index is 13.7. The van der Waals surface area contributed by atoms with E-state index in [1.165, 1.54) is 4.90 Å². The molecular weight excluding hydrogens is 568 g/mol. The summed E-state index contributed by atoms with van der Waals surface area (Å²) in [5, 5.41) is 7.27. The Labute approximate surface area is 262 Å². The summed E-state index contributed by atoms with van der Waals surface area (Å²) < 4.78 is 2.05. The van der Waals surface area contributed by atoms with Gasteiger partial charge in [-0.1, -0.05) is 78.9 Å². The van der Waals surface area contributed by atoms with Crippen LogP contribution in [-0.2, 0) is 29.7 Å². The summed E-state index contributed by atoms with van der Waals surface area (Å²) in [6.07, 6.45) is 3.05. The molecular formula is C35H36N6O4. The number of carbonyl (C=O) groups is 4. The highest BCUT2D eigenvalue weighted by molar-refractivity contribution is 5.99. The van der Waals surface area contributed by atoms with E-state index < -0.39 is 6.17 Å². The van der Waals surface area contributed by atoms with Crippen molar-refractivity contribution in [2.24, 2.45) is 7.05 Å². The van der Waals surface area contributed by atoms with Gasteiger partial charge in [0.25, 0.3) is 0 Å². The molecule has 6 rings (SSSR count). The van der Waals surface area contributed by atoms with E-state index in [0.717, 1.165) is 33.2 Å². The topological polar surface area (TPSA) is 98.2 Å². The van der Waals surface area contributed by atoms with Gasteiger partial charge in [0.1, 0.15) is 12.7 Å². The van der Waals surface area contributed by atoms with E-state index >= 15 is 0 Å². The predicted octanol–water partition coefficient (Wildman–Crippen LogP) is 4.17. The second kappa shape index (κ2) is 12.4. The SMILES string of the molecule is C=CCN1CC(=O)N2CC(=O)N(Cc3cccc4c(-c5ccc(C(C)=O)cc5)cn(C)c34)CC2N1C(=O)NCc1ccccc1. The highest BCUT2D eigenvalue weighted by atomic mass is 16.2. The number of carbonyl (C=O) groups excluding carboxylic acids is 4. The Morgan fingerprint density at radius 1 is 0.956 bits per heavy atom. The van der Waals surface area contributed by atoms with E-state index in [1.54, 1.807) is 27.9 Å². The summed E-state index contributed by atoms with van der Waals surface area (Å²) in [4.78, 5) is 55.3. The van der Waals surface area contributed by atoms with Gasteiger partial charge in [-0.05, 0) is 23.6 Å². The first kappa shape index (κ1) is 29.8. The van der Waals surface area contributed by atoms with Crippen molar-refractivity contribution >= 4 is 34.5 Å². The van der Waals surface area contributed by atoms with Crippen molar-refractivity contribution in [2.45, 2.75) is 26.2 Å². The fourth-order valence-corrected chi connectivity index (χ4v) is 6.30. The molecule has 45 heavy (non-hydrogen) atoms. The summed E-state index contributed by atoms with van der Waals surface area (Å²) in [6.45, 7) is 6.36. The number of para-hydroxylation sites is 1. The molecule has 0 aliphatic carbocycles. The van der Waals surface area contributed by atoms with Crippen LogP contribution in [0.15, 0.2) is 91.6 Å². The van der Waals surface area contributed by atoms with Gasteiger partial charge in [0.2, 0.25) is 11.8 Å². The third kappa shape index (κ3) is 5.84. The van der Waals surface area contributed by atoms with Gasteiger partial charge in [-0.15, -0.1) is 6.58 Å². The summed E-state index contributed by atoms with van der Waals surface area (Å²) >= 11 is 0. The Hall–Kier alpha value is -5.22. The van der Waals surface area contributed by atoms with E-state index in [0.29, 0.717) is 25.2 Å². The number of hydrogen-bond acceptors (Lipinski definition) is 5. The Kier molecular flexibility index (Phi) is 8.23. The van der Waals surface area contributed by atoms with Crippen LogP contribution in [0.5, 0.6) is 0 Å². The quantitative estimate of drug-likeness (QED) is 0.241.